The predicted molar refractivity (Wildman–Crippen MR) is 82.7 cm³/mol. The van der Waals surface area contributed by atoms with Crippen molar-refractivity contribution in [3.8, 4) is 0 Å². The number of carbonyl (C=O) groups excluding carboxylic acids is 1. The maximum Gasteiger partial charge on any atom is 0.254 e. The highest BCUT2D eigenvalue weighted by molar-refractivity contribution is 6.31. The molecule has 0 unspecified atom stereocenters. The second-order valence-electron chi connectivity index (χ2n) is 5.41. The summed E-state index contributed by atoms with van der Waals surface area (Å²) in [7, 11) is 1.77. The predicted octanol–water partition coefficient (Wildman–Crippen LogP) is 2.22. The second-order valence-corrected chi connectivity index (χ2v) is 5.81. The molecule has 116 valence electrons. The van der Waals surface area contributed by atoms with Crippen LogP contribution in [0.4, 0.5) is 10.1 Å². The highest BCUT2D eigenvalue weighted by Crippen LogP contribution is 2.25. The second kappa shape index (κ2) is 5.96. The van der Waals surface area contributed by atoms with E-state index in [1.165, 1.54) is 6.07 Å². The van der Waals surface area contributed by atoms with Gasteiger partial charge >= 0.3 is 0 Å². The van der Waals surface area contributed by atoms with Gasteiger partial charge in [0.1, 0.15) is 5.82 Å². The summed E-state index contributed by atoms with van der Waals surface area (Å²) in [5.41, 5.74) is 1.41. The minimum absolute atomic E-state index is 0.0523. The topological polar surface area (TPSA) is 50.2 Å². The first-order valence-electron chi connectivity index (χ1n) is 7.02. The number of rotatable bonds is 3. The Morgan fingerprint density at radius 2 is 2.32 bits per heavy atom. The molecule has 1 fully saturated rings. The van der Waals surface area contributed by atoms with Crippen LogP contribution in [0, 0.1) is 5.82 Å². The minimum Gasteiger partial charge on any atom is -0.369 e. The lowest BCUT2D eigenvalue weighted by molar-refractivity contribution is 0.0940. The molecule has 0 saturated carbocycles. The van der Waals surface area contributed by atoms with Gasteiger partial charge in [-0.1, -0.05) is 11.6 Å². The molecule has 1 N–H and O–H groups in total. The van der Waals surface area contributed by atoms with Crippen molar-refractivity contribution < 1.29 is 9.18 Å². The van der Waals surface area contributed by atoms with Crippen LogP contribution in [0.25, 0.3) is 0 Å². The van der Waals surface area contributed by atoms with Gasteiger partial charge < -0.3 is 10.2 Å². The quantitative estimate of drug-likeness (QED) is 0.942. The number of hydrogen-bond acceptors (Lipinski definition) is 3. The van der Waals surface area contributed by atoms with Crippen molar-refractivity contribution in [3.63, 3.8) is 0 Å². The molecule has 2 heterocycles. The number of amides is 1. The largest absolute Gasteiger partial charge is 0.369 e. The van der Waals surface area contributed by atoms with E-state index in [2.05, 4.69) is 15.3 Å². The van der Waals surface area contributed by atoms with Crippen molar-refractivity contribution in [1.82, 2.24) is 15.1 Å². The Labute approximate surface area is 132 Å². The molecule has 1 aliphatic heterocycles. The Balaban J connectivity index is 1.62. The van der Waals surface area contributed by atoms with E-state index in [0.717, 1.165) is 18.7 Å². The number of aromatic nitrogens is 2. The molecule has 1 atom stereocenters. The Morgan fingerprint density at radius 3 is 3.00 bits per heavy atom. The fourth-order valence-electron chi connectivity index (χ4n) is 2.60. The summed E-state index contributed by atoms with van der Waals surface area (Å²) in [4.78, 5) is 14.2. The zero-order chi connectivity index (χ0) is 15.7. The maximum atomic E-state index is 13.2. The van der Waals surface area contributed by atoms with Crippen molar-refractivity contribution in [3.05, 3.63) is 47.0 Å². The van der Waals surface area contributed by atoms with E-state index < -0.39 is 5.82 Å². The van der Waals surface area contributed by atoms with E-state index in [4.69, 9.17) is 11.6 Å². The molecule has 0 radical (unpaired) electrons. The number of hydrogen-bond donors (Lipinski definition) is 1. The zero-order valence-electron chi connectivity index (χ0n) is 12.1. The molecule has 2 aromatic rings. The molecule has 1 aromatic carbocycles. The molecule has 7 heteroatoms. The number of carbonyl (C=O) groups is 1. The van der Waals surface area contributed by atoms with E-state index in [1.807, 2.05) is 0 Å². The van der Waals surface area contributed by atoms with Crippen LogP contribution in [0.5, 0.6) is 0 Å². The Hall–Kier alpha value is -2.08. The lowest BCUT2D eigenvalue weighted by Crippen LogP contribution is -2.37. The number of benzene rings is 1. The zero-order valence-corrected chi connectivity index (χ0v) is 12.8. The summed E-state index contributed by atoms with van der Waals surface area (Å²) in [6.45, 7) is 1.47. The van der Waals surface area contributed by atoms with Crippen molar-refractivity contribution in [2.75, 3.05) is 18.0 Å². The van der Waals surface area contributed by atoms with Gasteiger partial charge in [0.15, 0.2) is 0 Å². The van der Waals surface area contributed by atoms with E-state index in [9.17, 15) is 9.18 Å². The molecule has 0 aliphatic carbocycles. The lowest BCUT2D eigenvalue weighted by atomic mass is 10.2. The molecule has 5 nitrogen and oxygen atoms in total. The number of nitrogens with zero attached hydrogens (tertiary/aromatic N) is 3. The third kappa shape index (κ3) is 3.06. The van der Waals surface area contributed by atoms with Gasteiger partial charge in [0, 0.05) is 38.1 Å². The van der Waals surface area contributed by atoms with Gasteiger partial charge in [-0.2, -0.15) is 5.10 Å². The highest BCUT2D eigenvalue weighted by Gasteiger charge is 2.25. The molecule has 22 heavy (non-hydrogen) atoms. The number of anilines is 1. The molecule has 1 aromatic heterocycles. The van der Waals surface area contributed by atoms with Crippen molar-refractivity contribution in [1.29, 1.82) is 0 Å². The minimum atomic E-state index is -0.425. The fourth-order valence-corrected chi connectivity index (χ4v) is 2.78. The molecule has 1 saturated heterocycles. The summed E-state index contributed by atoms with van der Waals surface area (Å²) in [6.07, 6.45) is 4.06. The molecule has 3 rings (SSSR count). The molecule has 0 bridgehead atoms. The van der Waals surface area contributed by atoms with Gasteiger partial charge in [-0.15, -0.1) is 0 Å². The first kappa shape index (κ1) is 14.8. The summed E-state index contributed by atoms with van der Waals surface area (Å²) in [6, 6.07) is 4.73. The van der Waals surface area contributed by atoms with Crippen LogP contribution < -0.4 is 10.2 Å². The van der Waals surface area contributed by atoms with Gasteiger partial charge in [0.05, 0.1) is 16.8 Å². The first-order valence-corrected chi connectivity index (χ1v) is 7.40. The Kier molecular flexibility index (Phi) is 4.02. The average Bonchev–Trinajstić information content (AvgIpc) is 3.11. The standard InChI is InChI=1S/C15H16ClFN4O/c1-20-8-10(7-18-20)15(22)19-11-4-5-21(9-11)12-2-3-14(17)13(16)6-12/h2-3,6-8,11H,4-5,9H2,1H3,(H,19,22)/t11-/m0/s1. The number of halogens is 2. The normalized spacial score (nSPS) is 17.8. The molecular weight excluding hydrogens is 307 g/mol. The van der Waals surface area contributed by atoms with Crippen LogP contribution in [0.15, 0.2) is 30.6 Å². The SMILES string of the molecule is Cn1cc(C(=O)N[C@H]2CCN(c3ccc(F)c(Cl)c3)C2)cn1. The average molecular weight is 323 g/mol. The van der Waals surface area contributed by atoms with E-state index in [-0.39, 0.29) is 17.0 Å². The van der Waals surface area contributed by atoms with Crippen LogP contribution in [-0.2, 0) is 7.05 Å². The fraction of sp³-hybridized carbons (Fsp3) is 0.333. The van der Waals surface area contributed by atoms with Crippen molar-refractivity contribution in [2.45, 2.75) is 12.5 Å². The van der Waals surface area contributed by atoms with Crippen LogP contribution in [0.3, 0.4) is 0 Å². The Bertz CT molecular complexity index is 703. The monoisotopic (exact) mass is 322 g/mol. The van der Waals surface area contributed by atoms with Gasteiger partial charge in [-0.3, -0.25) is 9.48 Å². The van der Waals surface area contributed by atoms with Gasteiger partial charge in [0.2, 0.25) is 0 Å². The van der Waals surface area contributed by atoms with Gasteiger partial charge in [-0.25, -0.2) is 4.39 Å². The van der Waals surface area contributed by atoms with Crippen LogP contribution >= 0.6 is 11.6 Å². The maximum absolute atomic E-state index is 13.2. The summed E-state index contributed by atoms with van der Waals surface area (Å²) in [5, 5.41) is 7.09. The lowest BCUT2D eigenvalue weighted by Gasteiger charge is -2.19. The van der Waals surface area contributed by atoms with Crippen LogP contribution in [0.2, 0.25) is 5.02 Å². The molecular formula is C15H16ClFN4O. The number of nitrogens with one attached hydrogen (secondary N) is 1. The van der Waals surface area contributed by atoms with E-state index >= 15 is 0 Å². The van der Waals surface area contributed by atoms with Crippen LogP contribution in [0.1, 0.15) is 16.8 Å². The smallest absolute Gasteiger partial charge is 0.254 e. The highest BCUT2D eigenvalue weighted by atomic mass is 35.5. The summed E-state index contributed by atoms with van der Waals surface area (Å²) in [5.74, 6) is -0.553. The van der Waals surface area contributed by atoms with Crippen molar-refractivity contribution >= 4 is 23.2 Å². The van der Waals surface area contributed by atoms with Gasteiger partial charge in [-0.05, 0) is 24.6 Å². The Morgan fingerprint density at radius 1 is 1.50 bits per heavy atom. The molecule has 1 amide bonds. The van der Waals surface area contributed by atoms with Gasteiger partial charge in [0.25, 0.3) is 5.91 Å². The third-order valence-corrected chi connectivity index (χ3v) is 4.05. The molecule has 0 spiro atoms. The van der Waals surface area contributed by atoms with E-state index in [1.54, 1.807) is 36.3 Å². The molecule has 1 aliphatic rings. The third-order valence-electron chi connectivity index (χ3n) is 3.76. The van der Waals surface area contributed by atoms with E-state index in [0.29, 0.717) is 12.1 Å². The number of aryl methyl sites for hydroxylation is 1. The first-order chi connectivity index (χ1) is 10.5. The van der Waals surface area contributed by atoms with Crippen LogP contribution in [-0.4, -0.2) is 34.8 Å². The summed E-state index contributed by atoms with van der Waals surface area (Å²) >= 11 is 5.81. The van der Waals surface area contributed by atoms with Crippen molar-refractivity contribution in [2.24, 2.45) is 7.05 Å². The summed E-state index contributed by atoms with van der Waals surface area (Å²) < 4.78 is 14.8.